The molecule has 0 saturated heterocycles. The molecule has 1 heterocycles. The first kappa shape index (κ1) is 11.6. The average molecular weight is 270 g/mol. The van der Waals surface area contributed by atoms with Crippen molar-refractivity contribution in [3.63, 3.8) is 0 Å². The summed E-state index contributed by atoms with van der Waals surface area (Å²) in [6, 6.07) is 3.30. The maximum atomic E-state index is 11.7. The van der Waals surface area contributed by atoms with Gasteiger partial charge in [0.1, 0.15) is 17.8 Å². The van der Waals surface area contributed by atoms with Crippen LogP contribution >= 0.6 is 11.6 Å². The van der Waals surface area contributed by atoms with Crippen LogP contribution in [0.4, 0.5) is 5.69 Å². The third kappa shape index (κ3) is 1.47. The summed E-state index contributed by atoms with van der Waals surface area (Å²) >= 11 is 6.02. The molecule has 2 aliphatic rings. The van der Waals surface area contributed by atoms with E-state index in [2.05, 4.69) is 5.48 Å². The van der Waals surface area contributed by atoms with E-state index in [1.165, 1.54) is 0 Å². The third-order valence-electron chi connectivity index (χ3n) is 3.37. The van der Waals surface area contributed by atoms with E-state index in [0.717, 1.165) is 5.56 Å². The van der Waals surface area contributed by atoms with Gasteiger partial charge in [-0.15, -0.1) is 0 Å². The van der Waals surface area contributed by atoms with E-state index < -0.39 is 0 Å². The fraction of sp³-hybridized carbons (Fsp3) is 0.417. The highest BCUT2D eigenvalue weighted by Crippen LogP contribution is 2.62. The fourth-order valence-electron chi connectivity index (χ4n) is 2.55. The number of benzene rings is 1. The Kier molecular flexibility index (Phi) is 2.60. The van der Waals surface area contributed by atoms with Gasteiger partial charge in [0, 0.05) is 11.5 Å². The van der Waals surface area contributed by atoms with Crippen LogP contribution in [0.1, 0.15) is 18.4 Å². The lowest BCUT2D eigenvalue weighted by Gasteiger charge is -2.12. The molecule has 0 aromatic heterocycles. The number of hydrogen-bond donors (Lipinski definition) is 2. The Labute approximate surface area is 109 Å². The Hall–Kier alpha value is -1.46. The second kappa shape index (κ2) is 4.03. The normalized spacial score (nSPS) is 26.9. The van der Waals surface area contributed by atoms with Gasteiger partial charge in [-0.25, -0.2) is 0 Å². The number of carbonyl (C=O) groups is 1. The molecule has 1 aromatic carbocycles. The van der Waals surface area contributed by atoms with Gasteiger partial charge in [0.25, 0.3) is 0 Å². The van der Waals surface area contributed by atoms with E-state index >= 15 is 0 Å². The van der Waals surface area contributed by atoms with Crippen LogP contribution in [0, 0.1) is 5.92 Å². The molecule has 3 unspecified atom stereocenters. The monoisotopic (exact) mass is 269 g/mol. The van der Waals surface area contributed by atoms with Gasteiger partial charge in [-0.05, 0) is 19.1 Å². The second-order valence-electron chi connectivity index (χ2n) is 4.34. The Morgan fingerprint density at radius 1 is 1.61 bits per heavy atom. The van der Waals surface area contributed by atoms with Gasteiger partial charge in [0.2, 0.25) is 0 Å². The SMILES string of the molecule is CCOC(=O)C1C2Oc3c(Cl)ccc(NO)c3C21. The van der Waals surface area contributed by atoms with E-state index in [1.807, 2.05) is 0 Å². The van der Waals surface area contributed by atoms with Crippen LogP contribution in [0.3, 0.4) is 0 Å². The molecule has 3 rings (SSSR count). The lowest BCUT2D eigenvalue weighted by atomic mass is 10.1. The largest absolute Gasteiger partial charge is 0.487 e. The molecule has 0 radical (unpaired) electrons. The van der Waals surface area contributed by atoms with E-state index in [4.69, 9.17) is 26.3 Å². The van der Waals surface area contributed by atoms with Gasteiger partial charge < -0.3 is 9.47 Å². The topological polar surface area (TPSA) is 67.8 Å². The van der Waals surface area contributed by atoms with E-state index in [1.54, 1.807) is 19.1 Å². The molecule has 2 N–H and O–H groups in total. The standard InChI is InChI=1S/C12H12ClNO4/c1-2-17-12(15)9-8-7-6(14-16)4-3-5(13)10(7)18-11(8)9/h3-4,8-9,11,14,16H,2H2,1H3. The van der Waals surface area contributed by atoms with Crippen molar-refractivity contribution < 1.29 is 19.5 Å². The molecule has 0 spiro atoms. The van der Waals surface area contributed by atoms with Crippen molar-refractivity contribution in [2.45, 2.75) is 18.9 Å². The number of nitrogens with one attached hydrogen (secondary N) is 1. The molecule has 0 bridgehead atoms. The summed E-state index contributed by atoms with van der Waals surface area (Å²) in [6.07, 6.45) is -0.217. The van der Waals surface area contributed by atoms with E-state index in [0.29, 0.717) is 23.1 Å². The van der Waals surface area contributed by atoms with Gasteiger partial charge in [-0.2, -0.15) is 0 Å². The summed E-state index contributed by atoms with van der Waals surface area (Å²) in [4.78, 5) is 11.7. The molecule has 6 heteroatoms. The highest BCUT2D eigenvalue weighted by atomic mass is 35.5. The van der Waals surface area contributed by atoms with Crippen molar-refractivity contribution in [3.05, 3.63) is 22.7 Å². The molecule has 0 amide bonds. The van der Waals surface area contributed by atoms with E-state index in [9.17, 15) is 4.79 Å². The predicted octanol–water partition coefficient (Wildman–Crippen LogP) is 2.18. The van der Waals surface area contributed by atoms with Gasteiger partial charge in [-0.3, -0.25) is 15.5 Å². The fourth-order valence-corrected chi connectivity index (χ4v) is 2.76. The first-order valence-electron chi connectivity index (χ1n) is 5.74. The maximum Gasteiger partial charge on any atom is 0.313 e. The number of carbonyl (C=O) groups excluding carboxylic acids is 1. The molecular weight excluding hydrogens is 258 g/mol. The highest BCUT2D eigenvalue weighted by molar-refractivity contribution is 6.32. The molecule has 1 aliphatic carbocycles. The Balaban J connectivity index is 1.93. The van der Waals surface area contributed by atoms with Crippen LogP contribution in [-0.2, 0) is 9.53 Å². The van der Waals surface area contributed by atoms with Crippen LogP contribution in [0.5, 0.6) is 5.75 Å². The second-order valence-corrected chi connectivity index (χ2v) is 4.74. The quantitative estimate of drug-likeness (QED) is 0.650. The molecule has 3 atom stereocenters. The first-order chi connectivity index (χ1) is 8.69. The minimum atomic E-state index is -0.289. The molecule has 1 saturated carbocycles. The summed E-state index contributed by atoms with van der Waals surface area (Å²) in [5.74, 6) is -0.0799. The van der Waals surface area contributed by atoms with Gasteiger partial charge in [0.05, 0.1) is 17.3 Å². The first-order valence-corrected chi connectivity index (χ1v) is 6.12. The number of anilines is 1. The third-order valence-corrected chi connectivity index (χ3v) is 3.67. The molecule has 18 heavy (non-hydrogen) atoms. The van der Waals surface area contributed by atoms with Crippen LogP contribution in [0.2, 0.25) is 5.02 Å². The molecular formula is C12H12ClNO4. The van der Waals surface area contributed by atoms with Crippen LogP contribution in [0.25, 0.3) is 0 Å². The summed E-state index contributed by atoms with van der Waals surface area (Å²) in [5.41, 5.74) is 3.39. The molecule has 1 aromatic rings. The van der Waals surface area contributed by atoms with Crippen molar-refractivity contribution in [2.24, 2.45) is 5.92 Å². The lowest BCUT2D eigenvalue weighted by molar-refractivity contribution is -0.145. The van der Waals surface area contributed by atoms with Gasteiger partial charge in [-0.1, -0.05) is 11.6 Å². The lowest BCUT2D eigenvalue weighted by Crippen LogP contribution is -2.13. The van der Waals surface area contributed by atoms with Crippen molar-refractivity contribution in [1.82, 2.24) is 0 Å². The Morgan fingerprint density at radius 3 is 3.06 bits per heavy atom. The van der Waals surface area contributed by atoms with Gasteiger partial charge >= 0.3 is 5.97 Å². The summed E-state index contributed by atoms with van der Waals surface area (Å²) in [7, 11) is 0. The van der Waals surface area contributed by atoms with Crippen molar-refractivity contribution >= 4 is 23.3 Å². The number of ether oxygens (including phenoxy) is 2. The van der Waals surface area contributed by atoms with Crippen molar-refractivity contribution in [1.29, 1.82) is 0 Å². The summed E-state index contributed by atoms with van der Waals surface area (Å²) in [5, 5.41) is 9.58. The number of rotatable bonds is 3. The van der Waals surface area contributed by atoms with Crippen molar-refractivity contribution in [3.8, 4) is 5.75 Å². The highest BCUT2D eigenvalue weighted by Gasteiger charge is 2.64. The molecule has 96 valence electrons. The number of halogens is 1. The summed E-state index contributed by atoms with van der Waals surface area (Å²) < 4.78 is 10.6. The minimum absolute atomic E-state index is 0.0765. The van der Waals surface area contributed by atoms with Crippen LogP contribution < -0.4 is 10.2 Å². The molecule has 1 aliphatic heterocycles. The number of fused-ring (bicyclic) bond motifs is 3. The zero-order valence-electron chi connectivity index (χ0n) is 9.64. The Morgan fingerprint density at radius 2 is 2.39 bits per heavy atom. The molecule has 1 fully saturated rings. The Bertz CT molecular complexity index is 519. The minimum Gasteiger partial charge on any atom is -0.487 e. The zero-order valence-corrected chi connectivity index (χ0v) is 10.4. The molecule has 5 nitrogen and oxygen atoms in total. The van der Waals surface area contributed by atoms with Crippen LogP contribution in [0.15, 0.2) is 12.1 Å². The smallest absolute Gasteiger partial charge is 0.313 e. The summed E-state index contributed by atoms with van der Waals surface area (Å²) in [6.45, 7) is 2.12. The average Bonchev–Trinajstić information content (AvgIpc) is 2.93. The maximum absolute atomic E-state index is 11.7. The van der Waals surface area contributed by atoms with Crippen LogP contribution in [-0.4, -0.2) is 23.9 Å². The predicted molar refractivity (Wildman–Crippen MR) is 64.1 cm³/mol. The zero-order chi connectivity index (χ0) is 12.9. The van der Waals surface area contributed by atoms with Gasteiger partial charge in [0.15, 0.2) is 0 Å². The van der Waals surface area contributed by atoms with E-state index in [-0.39, 0.29) is 23.9 Å². The van der Waals surface area contributed by atoms with Crippen molar-refractivity contribution in [2.75, 3.05) is 12.1 Å². The number of esters is 1. The number of hydrogen-bond acceptors (Lipinski definition) is 5.